The monoisotopic (exact) mass is 375 g/mol. The first-order valence-corrected chi connectivity index (χ1v) is 8.29. The van der Waals surface area contributed by atoms with Gasteiger partial charge in [0.1, 0.15) is 11.5 Å². The summed E-state index contributed by atoms with van der Waals surface area (Å²) >= 11 is 0. The minimum absolute atomic E-state index is 0.111. The van der Waals surface area contributed by atoms with E-state index in [2.05, 4.69) is 25.3 Å². The lowest BCUT2D eigenvalue weighted by molar-refractivity contribution is -0.137. The molecule has 7 nitrogen and oxygen atoms in total. The van der Waals surface area contributed by atoms with Gasteiger partial charge in [-0.3, -0.25) is 4.79 Å². The first-order chi connectivity index (χ1) is 12.6. The normalized spacial score (nSPS) is 12.9. The molecule has 0 saturated heterocycles. The maximum Gasteiger partial charge on any atom is 0.305 e. The third-order valence-electron chi connectivity index (χ3n) is 4.22. The Morgan fingerprint density at radius 1 is 1.30 bits per heavy atom. The van der Waals surface area contributed by atoms with Gasteiger partial charge in [0.15, 0.2) is 17.5 Å². The Balaban J connectivity index is 2.01. The van der Waals surface area contributed by atoms with Crippen molar-refractivity contribution >= 4 is 22.8 Å². The van der Waals surface area contributed by atoms with Crippen LogP contribution < -0.4 is 5.32 Å². The number of aromatic nitrogens is 4. The van der Waals surface area contributed by atoms with E-state index >= 15 is 0 Å². The first-order valence-electron chi connectivity index (χ1n) is 8.29. The molecule has 0 fully saturated rings. The molecule has 1 unspecified atom stereocenters. The molecule has 3 N–H and O–H groups in total. The molecule has 0 saturated carbocycles. The Kier molecular flexibility index (Phi) is 4.77. The number of H-pyrrole nitrogens is 1. The Morgan fingerprint density at radius 2 is 2.04 bits per heavy atom. The summed E-state index contributed by atoms with van der Waals surface area (Å²) in [5.74, 6) is -2.17. The van der Waals surface area contributed by atoms with Gasteiger partial charge < -0.3 is 15.4 Å². The maximum atomic E-state index is 14.3. The van der Waals surface area contributed by atoms with Gasteiger partial charge in [-0.25, -0.2) is 23.7 Å². The number of carboxylic acid groups (broad SMARTS) is 1. The highest BCUT2D eigenvalue weighted by atomic mass is 19.1. The molecule has 0 aliphatic carbocycles. The van der Waals surface area contributed by atoms with E-state index in [0.717, 1.165) is 12.4 Å². The number of carboxylic acids is 1. The standard InChI is InChI=1S/C18H19F2N5O2/c1-18(2,3)13(5-14(26)27)24-17-12(20)8-23-16(25-17)11-7-22-15-10(11)4-9(19)6-21-15/h4,6-8,13H,5H2,1-3H3,(H,21,22)(H,26,27)(H,23,24,25). The lowest BCUT2D eigenvalue weighted by Gasteiger charge is -2.30. The third kappa shape index (κ3) is 4.02. The van der Waals surface area contributed by atoms with Crippen LogP contribution in [0.4, 0.5) is 14.6 Å². The second-order valence-electron chi connectivity index (χ2n) is 7.30. The van der Waals surface area contributed by atoms with Crippen LogP contribution >= 0.6 is 0 Å². The number of rotatable bonds is 5. The highest BCUT2D eigenvalue weighted by Crippen LogP contribution is 2.29. The molecule has 0 aliphatic rings. The van der Waals surface area contributed by atoms with Crippen molar-refractivity contribution in [1.29, 1.82) is 0 Å². The molecule has 0 bridgehead atoms. The number of aromatic amines is 1. The van der Waals surface area contributed by atoms with E-state index in [1.165, 1.54) is 6.07 Å². The zero-order valence-electron chi connectivity index (χ0n) is 15.0. The number of aliphatic carboxylic acids is 1. The molecule has 3 aromatic rings. The summed E-state index contributed by atoms with van der Waals surface area (Å²) in [6, 6.07) is 0.727. The van der Waals surface area contributed by atoms with Crippen LogP contribution in [-0.4, -0.2) is 37.1 Å². The molecule has 0 radical (unpaired) electrons. The third-order valence-corrected chi connectivity index (χ3v) is 4.22. The fourth-order valence-electron chi connectivity index (χ4n) is 2.67. The van der Waals surface area contributed by atoms with E-state index in [-0.39, 0.29) is 18.1 Å². The SMILES string of the molecule is CC(C)(C)C(CC(=O)O)Nc1nc(-c2c[nH]c3ncc(F)cc23)ncc1F. The highest BCUT2D eigenvalue weighted by Gasteiger charge is 2.28. The summed E-state index contributed by atoms with van der Waals surface area (Å²) in [5.41, 5.74) is 0.460. The Hall–Kier alpha value is -3.10. The van der Waals surface area contributed by atoms with E-state index in [9.17, 15) is 13.6 Å². The number of hydrogen-bond acceptors (Lipinski definition) is 5. The number of carbonyl (C=O) groups is 1. The molecule has 3 heterocycles. The van der Waals surface area contributed by atoms with Crippen LogP contribution in [0.5, 0.6) is 0 Å². The molecule has 0 aliphatic heterocycles. The Bertz CT molecular complexity index is 997. The van der Waals surface area contributed by atoms with Crippen molar-refractivity contribution in [2.75, 3.05) is 5.32 Å². The predicted octanol–water partition coefficient (Wildman–Crippen LogP) is 3.60. The number of anilines is 1. The number of halogens is 2. The summed E-state index contributed by atoms with van der Waals surface area (Å²) in [6.07, 6.45) is 3.44. The average Bonchev–Trinajstić information content (AvgIpc) is 2.98. The van der Waals surface area contributed by atoms with Gasteiger partial charge in [-0.2, -0.15) is 0 Å². The number of pyridine rings is 1. The number of hydrogen-bond donors (Lipinski definition) is 3. The van der Waals surface area contributed by atoms with Crippen LogP contribution in [0.15, 0.2) is 24.7 Å². The van der Waals surface area contributed by atoms with Gasteiger partial charge in [0.05, 0.1) is 18.8 Å². The van der Waals surface area contributed by atoms with Gasteiger partial charge in [-0.15, -0.1) is 0 Å². The minimum atomic E-state index is -1.00. The molecular formula is C18H19F2N5O2. The van der Waals surface area contributed by atoms with Crippen LogP contribution in [0.2, 0.25) is 0 Å². The predicted molar refractivity (Wildman–Crippen MR) is 96.2 cm³/mol. The van der Waals surface area contributed by atoms with Crippen LogP contribution in [0.1, 0.15) is 27.2 Å². The van der Waals surface area contributed by atoms with Crippen molar-refractivity contribution in [3.05, 3.63) is 36.3 Å². The van der Waals surface area contributed by atoms with Gasteiger partial charge in [0.25, 0.3) is 0 Å². The minimum Gasteiger partial charge on any atom is -0.481 e. The average molecular weight is 375 g/mol. The summed E-state index contributed by atoms with van der Waals surface area (Å²) < 4.78 is 27.8. The summed E-state index contributed by atoms with van der Waals surface area (Å²) in [7, 11) is 0. The highest BCUT2D eigenvalue weighted by molar-refractivity contribution is 5.91. The lowest BCUT2D eigenvalue weighted by Crippen LogP contribution is -2.36. The maximum absolute atomic E-state index is 14.3. The molecule has 0 aromatic carbocycles. The number of nitrogens with zero attached hydrogens (tertiary/aromatic N) is 3. The Labute approximate surface area is 153 Å². The molecule has 3 rings (SSSR count). The topological polar surface area (TPSA) is 104 Å². The van der Waals surface area contributed by atoms with Crippen molar-refractivity contribution in [3.8, 4) is 11.4 Å². The largest absolute Gasteiger partial charge is 0.481 e. The van der Waals surface area contributed by atoms with Gasteiger partial charge in [-0.05, 0) is 11.5 Å². The van der Waals surface area contributed by atoms with Gasteiger partial charge in [0, 0.05) is 23.2 Å². The van der Waals surface area contributed by atoms with Gasteiger partial charge >= 0.3 is 5.97 Å². The fourth-order valence-corrected chi connectivity index (χ4v) is 2.67. The summed E-state index contributed by atoms with van der Waals surface area (Å²) in [5, 5.41) is 12.5. The molecule has 9 heteroatoms. The molecule has 3 aromatic heterocycles. The van der Waals surface area contributed by atoms with Crippen molar-refractivity contribution in [1.82, 2.24) is 19.9 Å². The molecule has 0 amide bonds. The Morgan fingerprint density at radius 3 is 2.70 bits per heavy atom. The van der Waals surface area contributed by atoms with Gasteiger partial charge in [0.2, 0.25) is 0 Å². The van der Waals surface area contributed by atoms with E-state index < -0.39 is 29.1 Å². The zero-order chi connectivity index (χ0) is 19.8. The zero-order valence-corrected chi connectivity index (χ0v) is 15.0. The van der Waals surface area contributed by atoms with Crippen molar-refractivity contribution in [3.63, 3.8) is 0 Å². The van der Waals surface area contributed by atoms with Crippen molar-refractivity contribution in [2.24, 2.45) is 5.41 Å². The quantitative estimate of drug-likeness (QED) is 0.629. The number of fused-ring (bicyclic) bond motifs is 1. The summed E-state index contributed by atoms with van der Waals surface area (Å²) in [6.45, 7) is 5.55. The van der Waals surface area contributed by atoms with Gasteiger partial charge in [-0.1, -0.05) is 20.8 Å². The van der Waals surface area contributed by atoms with E-state index in [4.69, 9.17) is 5.11 Å². The molecule has 0 spiro atoms. The van der Waals surface area contributed by atoms with Crippen molar-refractivity contribution in [2.45, 2.75) is 33.2 Å². The second kappa shape index (κ2) is 6.90. The smallest absolute Gasteiger partial charge is 0.305 e. The second-order valence-corrected chi connectivity index (χ2v) is 7.30. The van der Waals surface area contributed by atoms with Crippen LogP contribution in [0.3, 0.4) is 0 Å². The fraction of sp³-hybridized carbons (Fsp3) is 0.333. The molecule has 27 heavy (non-hydrogen) atoms. The van der Waals surface area contributed by atoms with Crippen LogP contribution in [-0.2, 0) is 4.79 Å². The van der Waals surface area contributed by atoms with E-state index in [0.29, 0.717) is 16.6 Å². The van der Waals surface area contributed by atoms with E-state index in [1.807, 2.05) is 20.8 Å². The lowest BCUT2D eigenvalue weighted by atomic mass is 9.85. The first kappa shape index (κ1) is 18.7. The molecule has 142 valence electrons. The molecular weight excluding hydrogens is 356 g/mol. The molecule has 1 atom stereocenters. The van der Waals surface area contributed by atoms with Crippen LogP contribution in [0.25, 0.3) is 22.4 Å². The summed E-state index contributed by atoms with van der Waals surface area (Å²) in [4.78, 5) is 26.2. The van der Waals surface area contributed by atoms with Crippen molar-refractivity contribution < 1.29 is 18.7 Å². The van der Waals surface area contributed by atoms with E-state index in [1.54, 1.807) is 6.20 Å². The van der Waals surface area contributed by atoms with Crippen LogP contribution in [0, 0.1) is 17.0 Å². The number of nitrogens with one attached hydrogen (secondary N) is 2.